The van der Waals surface area contributed by atoms with Crippen LogP contribution < -0.4 is 5.32 Å². The Bertz CT molecular complexity index is 650. The number of aromatic amines is 1. The van der Waals surface area contributed by atoms with E-state index < -0.39 is 0 Å². The van der Waals surface area contributed by atoms with Gasteiger partial charge in [0.05, 0.1) is 5.69 Å². The molecule has 3 rings (SSSR count). The van der Waals surface area contributed by atoms with Crippen molar-refractivity contribution in [2.75, 3.05) is 0 Å². The average Bonchev–Trinajstić information content (AvgIpc) is 2.98. The minimum absolute atomic E-state index is 0.793. The molecule has 1 aromatic carbocycles. The maximum Gasteiger partial charge on any atom is 0.0762 e. The number of hydrogen-bond donors (Lipinski definition) is 2. The third kappa shape index (κ3) is 2.15. The molecular weight excluding hydrogens is 224 g/mol. The van der Waals surface area contributed by atoms with Crippen LogP contribution >= 0.6 is 0 Å². The molecule has 2 aromatic heterocycles. The molecule has 2 heterocycles. The molecular formula is C14H16N4. The van der Waals surface area contributed by atoms with E-state index in [-0.39, 0.29) is 0 Å². The molecule has 3 aromatic rings. The molecule has 0 atom stereocenters. The first-order valence-electron chi connectivity index (χ1n) is 6.07. The molecule has 0 aliphatic heterocycles. The molecule has 0 radical (unpaired) electrons. The molecule has 0 bridgehead atoms. The number of aryl methyl sites for hydroxylation is 1. The van der Waals surface area contributed by atoms with Crippen LogP contribution in [0.5, 0.6) is 0 Å². The van der Waals surface area contributed by atoms with Gasteiger partial charge in [-0.15, -0.1) is 0 Å². The van der Waals surface area contributed by atoms with E-state index in [1.807, 2.05) is 30.2 Å². The SMILES string of the molecule is Cn1ccc(CNCc2cccc3[nH]ccc23)n1. The molecule has 0 amide bonds. The summed E-state index contributed by atoms with van der Waals surface area (Å²) >= 11 is 0. The molecule has 18 heavy (non-hydrogen) atoms. The summed E-state index contributed by atoms with van der Waals surface area (Å²) in [4.78, 5) is 3.23. The highest BCUT2D eigenvalue weighted by molar-refractivity contribution is 5.82. The Morgan fingerprint density at radius 3 is 3.00 bits per heavy atom. The Labute approximate surface area is 106 Å². The van der Waals surface area contributed by atoms with E-state index in [2.05, 4.69) is 39.7 Å². The van der Waals surface area contributed by atoms with Crippen molar-refractivity contribution in [3.05, 3.63) is 54.0 Å². The zero-order valence-corrected chi connectivity index (χ0v) is 10.4. The van der Waals surface area contributed by atoms with Crippen LogP contribution in [-0.2, 0) is 20.1 Å². The number of hydrogen-bond acceptors (Lipinski definition) is 2. The van der Waals surface area contributed by atoms with Gasteiger partial charge in [0.25, 0.3) is 0 Å². The van der Waals surface area contributed by atoms with Gasteiger partial charge in [0, 0.05) is 43.4 Å². The largest absolute Gasteiger partial charge is 0.361 e. The van der Waals surface area contributed by atoms with Crippen molar-refractivity contribution in [3.8, 4) is 0 Å². The van der Waals surface area contributed by atoms with Crippen molar-refractivity contribution in [1.82, 2.24) is 20.1 Å². The van der Waals surface area contributed by atoms with Crippen molar-refractivity contribution in [2.24, 2.45) is 7.05 Å². The van der Waals surface area contributed by atoms with Crippen molar-refractivity contribution >= 4 is 10.9 Å². The third-order valence-electron chi connectivity index (χ3n) is 3.08. The number of nitrogens with zero attached hydrogens (tertiary/aromatic N) is 2. The lowest BCUT2D eigenvalue weighted by Crippen LogP contribution is -2.13. The Morgan fingerprint density at radius 1 is 1.22 bits per heavy atom. The summed E-state index contributed by atoms with van der Waals surface area (Å²) in [6.45, 7) is 1.65. The van der Waals surface area contributed by atoms with Gasteiger partial charge in [-0.2, -0.15) is 5.10 Å². The van der Waals surface area contributed by atoms with Gasteiger partial charge in [0.2, 0.25) is 0 Å². The number of nitrogens with one attached hydrogen (secondary N) is 2. The van der Waals surface area contributed by atoms with E-state index in [1.54, 1.807) is 0 Å². The van der Waals surface area contributed by atoms with E-state index in [0.717, 1.165) is 18.8 Å². The normalized spacial score (nSPS) is 11.2. The fourth-order valence-electron chi connectivity index (χ4n) is 2.19. The standard InChI is InChI=1S/C14H16N4/c1-18-8-6-12(17-18)10-15-9-11-3-2-4-14-13(11)5-7-16-14/h2-8,15-16H,9-10H2,1H3. The maximum absolute atomic E-state index is 4.34. The molecule has 0 spiro atoms. The highest BCUT2D eigenvalue weighted by Crippen LogP contribution is 2.17. The Balaban J connectivity index is 1.68. The van der Waals surface area contributed by atoms with Crippen LogP contribution in [0.15, 0.2) is 42.7 Å². The Morgan fingerprint density at radius 2 is 2.17 bits per heavy atom. The number of H-pyrrole nitrogens is 1. The molecule has 0 aliphatic rings. The van der Waals surface area contributed by atoms with Gasteiger partial charge in [-0.1, -0.05) is 12.1 Å². The van der Waals surface area contributed by atoms with E-state index in [1.165, 1.54) is 16.5 Å². The zero-order valence-electron chi connectivity index (χ0n) is 10.4. The zero-order chi connectivity index (χ0) is 12.4. The molecule has 0 fully saturated rings. The second kappa shape index (κ2) is 4.66. The molecule has 0 unspecified atom stereocenters. The monoisotopic (exact) mass is 240 g/mol. The summed E-state index contributed by atoms with van der Waals surface area (Å²) in [7, 11) is 1.93. The predicted octanol–water partition coefficient (Wildman–Crippen LogP) is 2.19. The molecule has 0 saturated heterocycles. The Hall–Kier alpha value is -2.07. The highest BCUT2D eigenvalue weighted by Gasteiger charge is 2.01. The van der Waals surface area contributed by atoms with Crippen LogP contribution in [0.4, 0.5) is 0 Å². The minimum atomic E-state index is 0.793. The van der Waals surface area contributed by atoms with Crippen LogP contribution in [0.3, 0.4) is 0 Å². The second-order valence-corrected chi connectivity index (χ2v) is 4.44. The van der Waals surface area contributed by atoms with Crippen LogP contribution in [0.2, 0.25) is 0 Å². The molecule has 4 nitrogen and oxygen atoms in total. The number of rotatable bonds is 4. The summed E-state index contributed by atoms with van der Waals surface area (Å²) in [5.74, 6) is 0. The summed E-state index contributed by atoms with van der Waals surface area (Å²) in [5.41, 5.74) is 3.57. The van der Waals surface area contributed by atoms with E-state index >= 15 is 0 Å². The lowest BCUT2D eigenvalue weighted by Gasteiger charge is -2.04. The van der Waals surface area contributed by atoms with Crippen LogP contribution in [0.1, 0.15) is 11.3 Å². The minimum Gasteiger partial charge on any atom is -0.361 e. The third-order valence-corrected chi connectivity index (χ3v) is 3.08. The van der Waals surface area contributed by atoms with Crippen molar-refractivity contribution in [2.45, 2.75) is 13.1 Å². The van der Waals surface area contributed by atoms with Gasteiger partial charge in [0.1, 0.15) is 0 Å². The van der Waals surface area contributed by atoms with Gasteiger partial charge in [-0.3, -0.25) is 4.68 Å². The van der Waals surface area contributed by atoms with Gasteiger partial charge in [0.15, 0.2) is 0 Å². The lowest BCUT2D eigenvalue weighted by molar-refractivity contribution is 0.658. The van der Waals surface area contributed by atoms with Crippen LogP contribution in [0.25, 0.3) is 10.9 Å². The number of benzene rings is 1. The topological polar surface area (TPSA) is 45.6 Å². The van der Waals surface area contributed by atoms with E-state index in [4.69, 9.17) is 0 Å². The van der Waals surface area contributed by atoms with E-state index in [0.29, 0.717) is 0 Å². The summed E-state index contributed by atoms with van der Waals surface area (Å²) in [5, 5.41) is 9.05. The first-order valence-corrected chi connectivity index (χ1v) is 6.07. The first-order chi connectivity index (χ1) is 8.83. The Kier molecular flexibility index (Phi) is 2.86. The molecule has 2 N–H and O–H groups in total. The molecule has 0 saturated carbocycles. The van der Waals surface area contributed by atoms with Crippen molar-refractivity contribution < 1.29 is 0 Å². The van der Waals surface area contributed by atoms with E-state index in [9.17, 15) is 0 Å². The van der Waals surface area contributed by atoms with Gasteiger partial charge in [-0.05, 0) is 23.8 Å². The van der Waals surface area contributed by atoms with Gasteiger partial charge < -0.3 is 10.3 Å². The highest BCUT2D eigenvalue weighted by atomic mass is 15.3. The van der Waals surface area contributed by atoms with Crippen molar-refractivity contribution in [3.63, 3.8) is 0 Å². The first kappa shape index (κ1) is 11.0. The lowest BCUT2D eigenvalue weighted by atomic mass is 10.1. The van der Waals surface area contributed by atoms with Gasteiger partial charge in [-0.25, -0.2) is 0 Å². The smallest absolute Gasteiger partial charge is 0.0762 e. The fraction of sp³-hybridized carbons (Fsp3) is 0.214. The molecule has 92 valence electrons. The van der Waals surface area contributed by atoms with Crippen LogP contribution in [0, 0.1) is 0 Å². The summed E-state index contributed by atoms with van der Waals surface area (Å²) in [6, 6.07) is 10.5. The fourth-order valence-corrected chi connectivity index (χ4v) is 2.19. The number of aromatic nitrogens is 3. The quantitative estimate of drug-likeness (QED) is 0.734. The van der Waals surface area contributed by atoms with Crippen molar-refractivity contribution in [1.29, 1.82) is 0 Å². The second-order valence-electron chi connectivity index (χ2n) is 4.44. The van der Waals surface area contributed by atoms with Gasteiger partial charge >= 0.3 is 0 Å². The van der Waals surface area contributed by atoms with Crippen LogP contribution in [-0.4, -0.2) is 14.8 Å². The average molecular weight is 240 g/mol. The predicted molar refractivity (Wildman–Crippen MR) is 72.1 cm³/mol. The summed E-state index contributed by atoms with van der Waals surface area (Å²) < 4.78 is 1.82. The number of fused-ring (bicyclic) bond motifs is 1. The maximum atomic E-state index is 4.34. The molecule has 0 aliphatic carbocycles. The molecule has 4 heteroatoms. The summed E-state index contributed by atoms with van der Waals surface area (Å²) in [6.07, 6.45) is 3.94.